The van der Waals surface area contributed by atoms with Gasteiger partial charge >= 0.3 is 0 Å². The minimum Gasteiger partial charge on any atom is -0.360 e. The number of H-pyrrole nitrogens is 1. The minimum atomic E-state index is -0.780. The minimum absolute atomic E-state index is 0.0774. The molecule has 0 saturated heterocycles. The zero-order valence-corrected chi connectivity index (χ0v) is 8.89. The smallest absolute Gasteiger partial charge is 0.257 e. The Morgan fingerprint density at radius 2 is 2.07 bits per heavy atom. The van der Waals surface area contributed by atoms with Crippen LogP contribution in [0.1, 0.15) is 10.4 Å². The van der Waals surface area contributed by atoms with Gasteiger partial charge in [-0.3, -0.25) is 9.59 Å². The van der Waals surface area contributed by atoms with Crippen molar-refractivity contribution in [1.29, 1.82) is 0 Å². The quantitative estimate of drug-likeness (QED) is 0.781. The van der Waals surface area contributed by atoms with Crippen molar-refractivity contribution >= 4 is 39.3 Å². The Morgan fingerprint density at radius 1 is 1.33 bits per heavy atom. The molecule has 0 aliphatic carbocycles. The van der Waals surface area contributed by atoms with E-state index in [4.69, 9.17) is 23.2 Å². The molecule has 15 heavy (non-hydrogen) atoms. The maximum absolute atomic E-state index is 11.7. The highest BCUT2D eigenvalue weighted by Crippen LogP contribution is 2.15. The maximum Gasteiger partial charge on any atom is 0.257 e. The van der Waals surface area contributed by atoms with Crippen LogP contribution < -0.4 is 5.43 Å². The van der Waals surface area contributed by atoms with E-state index in [2.05, 4.69) is 4.98 Å². The predicted molar refractivity (Wildman–Crippen MR) is 59.8 cm³/mol. The van der Waals surface area contributed by atoms with Crippen molar-refractivity contribution in [1.82, 2.24) is 4.98 Å². The van der Waals surface area contributed by atoms with Gasteiger partial charge in [0, 0.05) is 22.1 Å². The van der Waals surface area contributed by atoms with E-state index in [1.807, 2.05) is 0 Å². The highest BCUT2D eigenvalue weighted by molar-refractivity contribution is 6.67. The summed E-state index contributed by atoms with van der Waals surface area (Å²) < 4.78 is 0. The second-order valence-corrected chi connectivity index (χ2v) is 3.77. The molecule has 0 amide bonds. The molecule has 0 aliphatic heterocycles. The van der Waals surface area contributed by atoms with Crippen LogP contribution in [0, 0.1) is 0 Å². The van der Waals surface area contributed by atoms with Crippen LogP contribution in [0.3, 0.4) is 0 Å². The zero-order valence-electron chi connectivity index (χ0n) is 7.38. The van der Waals surface area contributed by atoms with E-state index >= 15 is 0 Å². The molecule has 0 bridgehead atoms. The van der Waals surface area contributed by atoms with Crippen LogP contribution in [0.25, 0.3) is 10.9 Å². The number of hydrogen-bond acceptors (Lipinski definition) is 2. The Labute approximate surface area is 94.6 Å². The summed E-state index contributed by atoms with van der Waals surface area (Å²) in [5.74, 6) is 0. The molecule has 2 aromatic rings. The van der Waals surface area contributed by atoms with Gasteiger partial charge in [0.05, 0.1) is 5.56 Å². The summed E-state index contributed by atoms with van der Waals surface area (Å²) in [4.78, 5) is 25.5. The van der Waals surface area contributed by atoms with E-state index in [0.29, 0.717) is 15.9 Å². The van der Waals surface area contributed by atoms with Gasteiger partial charge in [0.2, 0.25) is 5.43 Å². The second-order valence-electron chi connectivity index (χ2n) is 3.00. The maximum atomic E-state index is 11.7. The lowest BCUT2D eigenvalue weighted by Crippen LogP contribution is -2.12. The van der Waals surface area contributed by atoms with E-state index in [-0.39, 0.29) is 5.56 Å². The Hall–Kier alpha value is -1.32. The first-order chi connectivity index (χ1) is 7.09. The van der Waals surface area contributed by atoms with Crippen molar-refractivity contribution in [3.8, 4) is 0 Å². The molecule has 0 saturated carbocycles. The fourth-order valence-electron chi connectivity index (χ4n) is 1.34. The number of carbonyl (C=O) groups is 1. The largest absolute Gasteiger partial charge is 0.360 e. The summed E-state index contributed by atoms with van der Waals surface area (Å²) in [7, 11) is 0. The van der Waals surface area contributed by atoms with Crippen molar-refractivity contribution in [2.45, 2.75) is 0 Å². The van der Waals surface area contributed by atoms with E-state index in [0.717, 1.165) is 0 Å². The molecule has 0 fully saturated rings. The number of pyridine rings is 1. The van der Waals surface area contributed by atoms with Gasteiger partial charge in [-0.25, -0.2) is 0 Å². The molecule has 5 heteroatoms. The summed E-state index contributed by atoms with van der Waals surface area (Å²) in [5.41, 5.74) is 0.128. The number of rotatable bonds is 1. The fourth-order valence-corrected chi connectivity index (χ4v) is 1.65. The van der Waals surface area contributed by atoms with Crippen LogP contribution in [-0.2, 0) is 0 Å². The molecular formula is C10H5Cl2NO2. The number of halogens is 2. The van der Waals surface area contributed by atoms with Crippen molar-refractivity contribution in [3.63, 3.8) is 0 Å². The molecule has 0 spiro atoms. The lowest BCUT2D eigenvalue weighted by Gasteiger charge is -1.99. The van der Waals surface area contributed by atoms with Crippen LogP contribution in [0.5, 0.6) is 0 Å². The van der Waals surface area contributed by atoms with E-state index in [9.17, 15) is 9.59 Å². The number of aromatic nitrogens is 1. The van der Waals surface area contributed by atoms with Gasteiger partial charge in [-0.15, -0.1) is 0 Å². The van der Waals surface area contributed by atoms with Crippen LogP contribution in [0.15, 0.2) is 29.2 Å². The van der Waals surface area contributed by atoms with Crippen LogP contribution in [0.2, 0.25) is 5.02 Å². The first-order valence-corrected chi connectivity index (χ1v) is 4.86. The first kappa shape index (κ1) is 10.2. The van der Waals surface area contributed by atoms with Crippen molar-refractivity contribution in [2.24, 2.45) is 0 Å². The molecule has 1 aromatic heterocycles. The number of fused-ring (bicyclic) bond motifs is 1. The molecule has 1 aromatic carbocycles. The molecule has 0 unspecified atom stereocenters. The molecule has 0 radical (unpaired) electrons. The Morgan fingerprint density at radius 3 is 2.73 bits per heavy atom. The third-order valence-electron chi connectivity index (χ3n) is 2.05. The van der Waals surface area contributed by atoms with Crippen molar-refractivity contribution in [3.05, 3.63) is 45.2 Å². The second kappa shape index (κ2) is 3.68. The predicted octanol–water partition coefficient (Wildman–Crippen LogP) is 2.56. The van der Waals surface area contributed by atoms with Crippen LogP contribution >= 0.6 is 23.2 Å². The SMILES string of the molecule is O=C(Cl)c1c[nH]c2ccc(Cl)cc2c1=O. The van der Waals surface area contributed by atoms with Crippen LogP contribution in [-0.4, -0.2) is 10.2 Å². The number of benzene rings is 1. The summed E-state index contributed by atoms with van der Waals surface area (Å²) in [5, 5.41) is 0.0132. The number of aromatic amines is 1. The third kappa shape index (κ3) is 1.76. The molecule has 0 aliphatic rings. The van der Waals surface area contributed by atoms with E-state index in [1.54, 1.807) is 12.1 Å². The summed E-state index contributed by atoms with van der Waals surface area (Å²) in [6.45, 7) is 0. The molecule has 76 valence electrons. The Bertz CT molecular complexity index is 604. The molecule has 3 nitrogen and oxygen atoms in total. The monoisotopic (exact) mass is 241 g/mol. The normalized spacial score (nSPS) is 10.5. The van der Waals surface area contributed by atoms with E-state index < -0.39 is 10.7 Å². The number of carbonyl (C=O) groups excluding carboxylic acids is 1. The summed E-state index contributed by atoms with van der Waals surface area (Å²) in [6, 6.07) is 4.82. The van der Waals surface area contributed by atoms with Crippen molar-refractivity contribution in [2.75, 3.05) is 0 Å². The molecule has 0 atom stereocenters. The van der Waals surface area contributed by atoms with E-state index in [1.165, 1.54) is 12.3 Å². The van der Waals surface area contributed by atoms with Gasteiger partial charge in [-0.1, -0.05) is 11.6 Å². The van der Waals surface area contributed by atoms with Crippen LogP contribution in [0.4, 0.5) is 0 Å². The summed E-state index contributed by atoms with van der Waals surface area (Å²) >= 11 is 11.0. The highest BCUT2D eigenvalue weighted by atomic mass is 35.5. The molecule has 1 heterocycles. The standard InChI is InChI=1S/C10H5Cl2NO2/c11-5-1-2-8-6(3-5)9(14)7(4-13-8)10(12)15/h1-4H,(H,13,14). The topological polar surface area (TPSA) is 49.9 Å². The lowest BCUT2D eigenvalue weighted by molar-refractivity contribution is 0.108. The third-order valence-corrected chi connectivity index (χ3v) is 2.49. The highest BCUT2D eigenvalue weighted by Gasteiger charge is 2.10. The number of nitrogens with one attached hydrogen (secondary N) is 1. The average molecular weight is 242 g/mol. The molecular weight excluding hydrogens is 237 g/mol. The first-order valence-electron chi connectivity index (χ1n) is 4.10. The summed E-state index contributed by atoms with van der Waals surface area (Å²) in [6.07, 6.45) is 1.30. The van der Waals surface area contributed by atoms with Crippen molar-refractivity contribution < 1.29 is 4.79 Å². The zero-order chi connectivity index (χ0) is 11.0. The Balaban J connectivity index is 2.89. The van der Waals surface area contributed by atoms with Gasteiger partial charge in [0.1, 0.15) is 0 Å². The number of hydrogen-bond donors (Lipinski definition) is 1. The fraction of sp³-hybridized carbons (Fsp3) is 0. The van der Waals surface area contributed by atoms with Gasteiger partial charge in [-0.2, -0.15) is 0 Å². The lowest BCUT2D eigenvalue weighted by atomic mass is 10.1. The van der Waals surface area contributed by atoms with Gasteiger partial charge < -0.3 is 4.98 Å². The molecule has 1 N–H and O–H groups in total. The Kier molecular flexibility index (Phi) is 2.50. The van der Waals surface area contributed by atoms with Gasteiger partial charge in [-0.05, 0) is 29.8 Å². The molecule has 2 rings (SSSR count). The van der Waals surface area contributed by atoms with Gasteiger partial charge in [0.15, 0.2) is 0 Å². The van der Waals surface area contributed by atoms with Gasteiger partial charge in [0.25, 0.3) is 5.24 Å². The average Bonchev–Trinajstić information content (AvgIpc) is 2.19.